The van der Waals surface area contributed by atoms with Gasteiger partial charge in [0.1, 0.15) is 11.6 Å². The van der Waals surface area contributed by atoms with E-state index in [1.54, 1.807) is 13.8 Å². The summed E-state index contributed by atoms with van der Waals surface area (Å²) in [5.74, 6) is -2.00. The van der Waals surface area contributed by atoms with Crippen molar-refractivity contribution in [2.45, 2.75) is 19.4 Å². The molecule has 0 aromatic heterocycles. The Balaban J connectivity index is 2.78. The summed E-state index contributed by atoms with van der Waals surface area (Å²) in [6, 6.07) is 1.85. The van der Waals surface area contributed by atoms with E-state index in [1.165, 1.54) is 12.3 Å². The minimum absolute atomic E-state index is 0.0203. The molecule has 0 atom stereocenters. The quantitative estimate of drug-likeness (QED) is 0.552. The molecule has 6 heteroatoms. The molecule has 0 aliphatic carbocycles. The fourth-order valence-corrected chi connectivity index (χ4v) is 1.40. The molecule has 0 saturated carbocycles. The zero-order valence-electron chi connectivity index (χ0n) is 11.2. The molecular weight excluding hydrogens is 266 g/mol. The SMILES string of the molecule is CC(C)(O)CN/C=C\C(=N)c1cc(F)c(C=O)c(F)c1. The van der Waals surface area contributed by atoms with Crippen LogP contribution in [0.2, 0.25) is 0 Å². The van der Waals surface area contributed by atoms with Gasteiger partial charge in [-0.15, -0.1) is 0 Å². The number of benzene rings is 1. The third kappa shape index (κ3) is 4.55. The molecule has 1 aromatic carbocycles. The van der Waals surface area contributed by atoms with Crippen LogP contribution in [0.5, 0.6) is 0 Å². The standard InChI is InChI=1S/C14H16F2N2O2/c1-14(2,20)8-18-4-3-13(17)9-5-11(15)10(7-19)12(16)6-9/h3-7,17-18,20H,8H2,1-2H3/b4-3-,17-13?. The van der Waals surface area contributed by atoms with E-state index in [1.807, 2.05) is 0 Å². The van der Waals surface area contributed by atoms with E-state index in [9.17, 15) is 18.7 Å². The fourth-order valence-electron chi connectivity index (χ4n) is 1.40. The molecule has 0 radical (unpaired) electrons. The molecule has 0 amide bonds. The van der Waals surface area contributed by atoms with Gasteiger partial charge in [0, 0.05) is 12.1 Å². The number of allylic oxidation sites excluding steroid dienone is 1. The van der Waals surface area contributed by atoms with Gasteiger partial charge < -0.3 is 15.8 Å². The highest BCUT2D eigenvalue weighted by Crippen LogP contribution is 2.14. The van der Waals surface area contributed by atoms with Crippen LogP contribution in [0, 0.1) is 17.0 Å². The topological polar surface area (TPSA) is 73.2 Å². The third-order valence-corrected chi connectivity index (χ3v) is 2.41. The molecule has 0 aliphatic heterocycles. The van der Waals surface area contributed by atoms with E-state index in [0.717, 1.165) is 12.1 Å². The number of hydrogen-bond donors (Lipinski definition) is 3. The predicted octanol–water partition coefficient (Wildman–Crippen LogP) is 2.02. The second-order valence-corrected chi connectivity index (χ2v) is 4.91. The maximum absolute atomic E-state index is 13.4. The van der Waals surface area contributed by atoms with Crippen LogP contribution in [0.1, 0.15) is 29.8 Å². The number of halogens is 2. The van der Waals surface area contributed by atoms with Gasteiger partial charge in [-0.3, -0.25) is 4.79 Å². The molecule has 1 rings (SSSR count). The highest BCUT2D eigenvalue weighted by atomic mass is 19.1. The highest BCUT2D eigenvalue weighted by Gasteiger charge is 2.12. The van der Waals surface area contributed by atoms with Gasteiger partial charge in [0.15, 0.2) is 6.29 Å². The Morgan fingerprint density at radius 1 is 1.40 bits per heavy atom. The normalized spacial score (nSPS) is 11.7. The van der Waals surface area contributed by atoms with Crippen molar-refractivity contribution >= 4 is 12.0 Å². The predicted molar refractivity (Wildman–Crippen MR) is 72.0 cm³/mol. The molecule has 0 saturated heterocycles. The molecule has 1 aromatic rings. The van der Waals surface area contributed by atoms with Gasteiger partial charge in [0.05, 0.1) is 16.9 Å². The van der Waals surface area contributed by atoms with Gasteiger partial charge in [-0.25, -0.2) is 8.78 Å². The summed E-state index contributed by atoms with van der Waals surface area (Å²) in [7, 11) is 0. The molecule has 0 spiro atoms. The molecule has 3 N–H and O–H groups in total. The Bertz CT molecular complexity index is 526. The van der Waals surface area contributed by atoms with Gasteiger partial charge in [-0.1, -0.05) is 0 Å². The third-order valence-electron chi connectivity index (χ3n) is 2.41. The molecule has 20 heavy (non-hydrogen) atoms. The number of rotatable bonds is 6. The Labute approximate surface area is 115 Å². The van der Waals surface area contributed by atoms with Crippen molar-refractivity contribution in [1.82, 2.24) is 5.32 Å². The number of carbonyl (C=O) groups is 1. The lowest BCUT2D eigenvalue weighted by molar-refractivity contribution is 0.0835. The van der Waals surface area contributed by atoms with Crippen LogP contribution in [0.25, 0.3) is 0 Å². The average Bonchev–Trinajstić information content (AvgIpc) is 2.32. The minimum atomic E-state index is -1.00. The van der Waals surface area contributed by atoms with Crippen LogP contribution >= 0.6 is 0 Å². The van der Waals surface area contributed by atoms with Crippen molar-refractivity contribution in [2.75, 3.05) is 6.54 Å². The first kappa shape index (κ1) is 16.0. The van der Waals surface area contributed by atoms with Crippen molar-refractivity contribution in [3.05, 3.63) is 47.2 Å². The zero-order valence-corrected chi connectivity index (χ0v) is 11.2. The van der Waals surface area contributed by atoms with E-state index in [2.05, 4.69) is 5.32 Å². The Hall–Kier alpha value is -2.08. The van der Waals surface area contributed by atoms with E-state index < -0.39 is 22.8 Å². The lowest BCUT2D eigenvalue weighted by Gasteiger charge is -2.16. The van der Waals surface area contributed by atoms with Crippen molar-refractivity contribution < 1.29 is 18.7 Å². The molecule has 0 aliphatic rings. The number of aldehydes is 1. The van der Waals surface area contributed by atoms with Gasteiger partial charge in [0.2, 0.25) is 0 Å². The summed E-state index contributed by atoms with van der Waals surface area (Å²) in [6.07, 6.45) is 2.81. The number of hydrogen-bond acceptors (Lipinski definition) is 4. The molecule has 0 heterocycles. The van der Waals surface area contributed by atoms with Crippen LogP contribution in [0.15, 0.2) is 24.4 Å². The van der Waals surface area contributed by atoms with Crippen molar-refractivity contribution in [3.63, 3.8) is 0 Å². The van der Waals surface area contributed by atoms with Crippen LogP contribution in [-0.4, -0.2) is 29.3 Å². The van der Waals surface area contributed by atoms with E-state index >= 15 is 0 Å². The number of aliphatic hydroxyl groups is 1. The van der Waals surface area contributed by atoms with E-state index in [0.29, 0.717) is 0 Å². The molecule has 0 unspecified atom stereocenters. The van der Waals surface area contributed by atoms with Crippen LogP contribution < -0.4 is 5.32 Å². The lowest BCUT2D eigenvalue weighted by atomic mass is 10.1. The Morgan fingerprint density at radius 3 is 2.40 bits per heavy atom. The Morgan fingerprint density at radius 2 is 1.95 bits per heavy atom. The van der Waals surface area contributed by atoms with Crippen LogP contribution in [-0.2, 0) is 0 Å². The van der Waals surface area contributed by atoms with Gasteiger partial charge in [-0.05, 0) is 38.3 Å². The largest absolute Gasteiger partial charge is 0.389 e. The molecular formula is C14H16F2N2O2. The number of carbonyl (C=O) groups excluding carboxylic acids is 1. The summed E-state index contributed by atoms with van der Waals surface area (Å²) in [6.45, 7) is 3.49. The van der Waals surface area contributed by atoms with Gasteiger partial charge in [-0.2, -0.15) is 0 Å². The van der Waals surface area contributed by atoms with Gasteiger partial charge >= 0.3 is 0 Å². The first-order valence-corrected chi connectivity index (χ1v) is 5.90. The number of nitrogens with one attached hydrogen (secondary N) is 2. The van der Waals surface area contributed by atoms with Crippen LogP contribution in [0.3, 0.4) is 0 Å². The maximum atomic E-state index is 13.4. The summed E-state index contributed by atoms with van der Waals surface area (Å²) in [5.41, 5.74) is -1.66. The molecule has 108 valence electrons. The lowest BCUT2D eigenvalue weighted by Crippen LogP contribution is -2.32. The van der Waals surface area contributed by atoms with Crippen LogP contribution in [0.4, 0.5) is 8.78 Å². The maximum Gasteiger partial charge on any atom is 0.155 e. The zero-order chi connectivity index (χ0) is 15.3. The average molecular weight is 282 g/mol. The van der Waals surface area contributed by atoms with E-state index in [-0.39, 0.29) is 24.1 Å². The minimum Gasteiger partial charge on any atom is -0.389 e. The summed E-state index contributed by atoms with van der Waals surface area (Å²) in [4.78, 5) is 10.5. The van der Waals surface area contributed by atoms with Crippen molar-refractivity contribution in [1.29, 1.82) is 5.41 Å². The molecule has 4 nitrogen and oxygen atoms in total. The first-order valence-electron chi connectivity index (χ1n) is 5.90. The molecule has 0 fully saturated rings. The summed E-state index contributed by atoms with van der Waals surface area (Å²) < 4.78 is 26.8. The fraction of sp³-hybridized carbons (Fsp3) is 0.286. The first-order chi connectivity index (χ1) is 9.24. The van der Waals surface area contributed by atoms with Crippen molar-refractivity contribution in [3.8, 4) is 0 Å². The molecule has 0 bridgehead atoms. The monoisotopic (exact) mass is 282 g/mol. The second kappa shape index (κ2) is 6.38. The van der Waals surface area contributed by atoms with Gasteiger partial charge in [0.25, 0.3) is 0 Å². The summed E-state index contributed by atoms with van der Waals surface area (Å²) >= 11 is 0. The Kier molecular flexibility index (Phi) is 5.10. The van der Waals surface area contributed by atoms with Crippen molar-refractivity contribution in [2.24, 2.45) is 0 Å². The highest BCUT2D eigenvalue weighted by molar-refractivity contribution is 6.06. The smallest absolute Gasteiger partial charge is 0.155 e. The van der Waals surface area contributed by atoms with E-state index in [4.69, 9.17) is 5.41 Å². The summed E-state index contributed by atoms with van der Waals surface area (Å²) in [5, 5.41) is 19.9. The second-order valence-electron chi connectivity index (χ2n) is 4.91.